The Labute approximate surface area is 242 Å². The Kier molecular flexibility index (Phi) is 4.93. The van der Waals surface area contributed by atoms with Crippen LogP contribution in [-0.4, -0.2) is 9.97 Å². The lowest BCUT2D eigenvalue weighted by Crippen LogP contribution is -1.92. The predicted octanol–water partition coefficient (Wildman–Crippen LogP) is 10.7. The number of hydrogen-bond donors (Lipinski definition) is 0. The summed E-state index contributed by atoms with van der Waals surface area (Å²) in [6.07, 6.45) is 1.87. The SMILES string of the molecule is c1ccc2cc(-c3cc(-c4ccc(-c5cnc6ccccc6n5)cc4)c4ccc5cccc6ccc3c4c56)ccc2c1. The van der Waals surface area contributed by atoms with Crippen molar-refractivity contribution in [3.05, 3.63) is 146 Å². The Morgan fingerprint density at radius 2 is 0.976 bits per heavy atom. The first-order valence-corrected chi connectivity index (χ1v) is 14.3. The molecular formula is C40H24N2. The van der Waals surface area contributed by atoms with Crippen molar-refractivity contribution >= 4 is 54.1 Å². The van der Waals surface area contributed by atoms with Crippen molar-refractivity contribution in [3.8, 4) is 33.5 Å². The van der Waals surface area contributed by atoms with E-state index < -0.39 is 0 Å². The summed E-state index contributed by atoms with van der Waals surface area (Å²) in [7, 11) is 0. The van der Waals surface area contributed by atoms with Crippen LogP contribution in [0.25, 0.3) is 87.6 Å². The molecule has 0 saturated carbocycles. The third-order valence-electron chi connectivity index (χ3n) is 8.65. The smallest absolute Gasteiger partial charge is 0.0894 e. The maximum Gasteiger partial charge on any atom is 0.0894 e. The summed E-state index contributed by atoms with van der Waals surface area (Å²) in [5.74, 6) is 0. The van der Waals surface area contributed by atoms with Crippen LogP contribution in [0.2, 0.25) is 0 Å². The van der Waals surface area contributed by atoms with Crippen molar-refractivity contribution in [1.82, 2.24) is 9.97 Å². The molecule has 0 saturated heterocycles. The van der Waals surface area contributed by atoms with Gasteiger partial charge in [0.05, 0.1) is 22.9 Å². The first-order valence-electron chi connectivity index (χ1n) is 14.3. The van der Waals surface area contributed by atoms with Crippen LogP contribution in [0.1, 0.15) is 0 Å². The second-order valence-corrected chi connectivity index (χ2v) is 11.0. The zero-order chi connectivity index (χ0) is 27.6. The van der Waals surface area contributed by atoms with Crippen molar-refractivity contribution in [2.75, 3.05) is 0 Å². The number of fused-ring (bicyclic) bond motifs is 2. The number of aromatic nitrogens is 2. The molecule has 194 valence electrons. The minimum Gasteiger partial charge on any atom is -0.252 e. The molecule has 1 aromatic heterocycles. The van der Waals surface area contributed by atoms with Crippen LogP contribution in [0.4, 0.5) is 0 Å². The number of benzene rings is 8. The third kappa shape index (κ3) is 3.52. The summed E-state index contributed by atoms with van der Waals surface area (Å²) in [5, 5.41) is 10.3. The van der Waals surface area contributed by atoms with Gasteiger partial charge in [-0.3, -0.25) is 4.98 Å². The molecule has 0 aliphatic heterocycles. The van der Waals surface area contributed by atoms with Gasteiger partial charge in [-0.25, -0.2) is 4.98 Å². The quantitative estimate of drug-likeness (QED) is 0.212. The molecule has 0 N–H and O–H groups in total. The molecule has 0 fully saturated rings. The van der Waals surface area contributed by atoms with E-state index in [2.05, 4.69) is 120 Å². The van der Waals surface area contributed by atoms with E-state index in [4.69, 9.17) is 4.98 Å². The second kappa shape index (κ2) is 8.95. The standard InChI is InChI=1S/C40H24N2/c1-2-7-30-22-31(17-12-25(30)6-1)35-23-34(32-20-18-28-8-5-9-29-19-21-33(35)40(32)39(28)29)26-13-15-27(16-14-26)38-24-41-36-10-3-4-11-37(36)42-38/h1-24H. The molecule has 0 bridgehead atoms. The van der Waals surface area contributed by atoms with Crippen LogP contribution < -0.4 is 0 Å². The summed E-state index contributed by atoms with van der Waals surface area (Å²) in [6, 6.07) is 50.3. The van der Waals surface area contributed by atoms with Crippen molar-refractivity contribution in [1.29, 1.82) is 0 Å². The lowest BCUT2D eigenvalue weighted by atomic mass is 9.85. The van der Waals surface area contributed by atoms with E-state index in [9.17, 15) is 0 Å². The molecule has 0 aliphatic carbocycles. The van der Waals surface area contributed by atoms with Gasteiger partial charge in [0.15, 0.2) is 0 Å². The largest absolute Gasteiger partial charge is 0.252 e. The molecule has 0 unspecified atom stereocenters. The average Bonchev–Trinajstić information content (AvgIpc) is 3.06. The Morgan fingerprint density at radius 1 is 0.381 bits per heavy atom. The molecule has 0 amide bonds. The van der Waals surface area contributed by atoms with Crippen LogP contribution in [0.5, 0.6) is 0 Å². The number of rotatable bonds is 3. The molecule has 42 heavy (non-hydrogen) atoms. The van der Waals surface area contributed by atoms with Gasteiger partial charge in [-0.15, -0.1) is 0 Å². The summed E-state index contributed by atoms with van der Waals surface area (Å²) in [6.45, 7) is 0. The maximum atomic E-state index is 4.87. The molecule has 1 heterocycles. The maximum absolute atomic E-state index is 4.87. The average molecular weight is 533 g/mol. The molecule has 0 aliphatic rings. The van der Waals surface area contributed by atoms with Crippen molar-refractivity contribution in [3.63, 3.8) is 0 Å². The molecule has 0 spiro atoms. The lowest BCUT2D eigenvalue weighted by molar-refractivity contribution is 1.29. The van der Waals surface area contributed by atoms with E-state index in [-0.39, 0.29) is 0 Å². The summed E-state index contributed by atoms with van der Waals surface area (Å²) >= 11 is 0. The summed E-state index contributed by atoms with van der Waals surface area (Å²) < 4.78 is 0. The van der Waals surface area contributed by atoms with Gasteiger partial charge in [-0.05, 0) is 89.6 Å². The summed E-state index contributed by atoms with van der Waals surface area (Å²) in [4.78, 5) is 9.50. The minimum absolute atomic E-state index is 0.882. The second-order valence-electron chi connectivity index (χ2n) is 11.0. The van der Waals surface area contributed by atoms with Crippen LogP contribution >= 0.6 is 0 Å². The Hall–Kier alpha value is -5.60. The molecule has 2 nitrogen and oxygen atoms in total. The van der Waals surface area contributed by atoms with Gasteiger partial charge in [-0.2, -0.15) is 0 Å². The number of para-hydroxylation sites is 2. The highest BCUT2D eigenvalue weighted by Gasteiger charge is 2.17. The molecule has 0 radical (unpaired) electrons. The van der Waals surface area contributed by atoms with Crippen molar-refractivity contribution in [2.24, 2.45) is 0 Å². The molecule has 9 aromatic rings. The number of hydrogen-bond acceptors (Lipinski definition) is 2. The van der Waals surface area contributed by atoms with Crippen molar-refractivity contribution < 1.29 is 0 Å². The Morgan fingerprint density at radius 3 is 1.76 bits per heavy atom. The van der Waals surface area contributed by atoms with Gasteiger partial charge in [0.1, 0.15) is 0 Å². The van der Waals surface area contributed by atoms with Crippen LogP contribution in [0.3, 0.4) is 0 Å². The monoisotopic (exact) mass is 532 g/mol. The zero-order valence-corrected chi connectivity index (χ0v) is 22.8. The fraction of sp³-hybridized carbons (Fsp3) is 0. The lowest BCUT2D eigenvalue weighted by Gasteiger charge is -2.18. The van der Waals surface area contributed by atoms with Gasteiger partial charge in [-0.1, -0.05) is 115 Å². The van der Waals surface area contributed by atoms with Crippen molar-refractivity contribution in [2.45, 2.75) is 0 Å². The van der Waals surface area contributed by atoms with Gasteiger partial charge < -0.3 is 0 Å². The van der Waals surface area contributed by atoms with Gasteiger partial charge in [0, 0.05) is 5.56 Å². The third-order valence-corrected chi connectivity index (χ3v) is 8.65. The van der Waals surface area contributed by atoms with E-state index in [1.165, 1.54) is 65.3 Å². The molecular weight excluding hydrogens is 508 g/mol. The van der Waals surface area contributed by atoms with Crippen LogP contribution in [0, 0.1) is 0 Å². The molecule has 8 aromatic carbocycles. The highest BCUT2D eigenvalue weighted by Crippen LogP contribution is 2.44. The fourth-order valence-corrected chi connectivity index (χ4v) is 6.58. The molecule has 2 heteroatoms. The van der Waals surface area contributed by atoms with Gasteiger partial charge in [0.25, 0.3) is 0 Å². The molecule has 0 atom stereocenters. The predicted molar refractivity (Wildman–Crippen MR) is 177 cm³/mol. The van der Waals surface area contributed by atoms with E-state index in [0.717, 1.165) is 22.3 Å². The van der Waals surface area contributed by atoms with E-state index in [1.807, 2.05) is 30.5 Å². The van der Waals surface area contributed by atoms with Crippen LogP contribution in [-0.2, 0) is 0 Å². The number of nitrogens with zero attached hydrogens (tertiary/aromatic N) is 2. The topological polar surface area (TPSA) is 25.8 Å². The fourth-order valence-electron chi connectivity index (χ4n) is 6.58. The van der Waals surface area contributed by atoms with E-state index >= 15 is 0 Å². The van der Waals surface area contributed by atoms with E-state index in [0.29, 0.717) is 0 Å². The van der Waals surface area contributed by atoms with Gasteiger partial charge in [0.2, 0.25) is 0 Å². The van der Waals surface area contributed by atoms with E-state index in [1.54, 1.807) is 0 Å². The Balaban J connectivity index is 1.28. The van der Waals surface area contributed by atoms with Crippen LogP contribution in [0.15, 0.2) is 146 Å². The normalized spacial score (nSPS) is 11.8. The van der Waals surface area contributed by atoms with Gasteiger partial charge >= 0.3 is 0 Å². The minimum atomic E-state index is 0.882. The zero-order valence-electron chi connectivity index (χ0n) is 22.8. The molecule has 9 rings (SSSR count). The Bertz CT molecular complexity index is 2440. The highest BCUT2D eigenvalue weighted by molar-refractivity contribution is 6.28. The highest BCUT2D eigenvalue weighted by atomic mass is 14.8. The first-order chi connectivity index (χ1) is 20.8. The summed E-state index contributed by atoms with van der Waals surface area (Å²) in [5.41, 5.74) is 8.67. The first kappa shape index (κ1) is 23.1.